The van der Waals surface area contributed by atoms with Gasteiger partial charge in [0.2, 0.25) is 10.0 Å². The SMILES string of the molecule is Cc1cc2c(cc1S(=O)(=O)N1CC=C(c3ccccc3)CC1)OCC(=O)N2. The maximum atomic E-state index is 13.2. The van der Waals surface area contributed by atoms with Crippen molar-refractivity contribution in [1.29, 1.82) is 0 Å². The Balaban J connectivity index is 1.61. The van der Waals surface area contributed by atoms with E-state index in [0.29, 0.717) is 36.5 Å². The predicted molar refractivity (Wildman–Crippen MR) is 103 cm³/mol. The maximum Gasteiger partial charge on any atom is 0.262 e. The van der Waals surface area contributed by atoms with Gasteiger partial charge in [0, 0.05) is 19.2 Å². The van der Waals surface area contributed by atoms with Gasteiger partial charge in [-0.05, 0) is 36.1 Å². The minimum Gasteiger partial charge on any atom is -0.482 e. The molecule has 0 aromatic heterocycles. The molecule has 2 aromatic rings. The number of carbonyl (C=O) groups is 1. The number of amides is 1. The molecule has 0 spiro atoms. The van der Waals surface area contributed by atoms with E-state index < -0.39 is 10.0 Å². The molecular formula is C20H20N2O4S. The molecule has 0 radical (unpaired) electrons. The van der Waals surface area contributed by atoms with Crippen LogP contribution in [0.2, 0.25) is 0 Å². The molecule has 2 aliphatic rings. The summed E-state index contributed by atoms with van der Waals surface area (Å²) in [6, 6.07) is 13.2. The fourth-order valence-corrected chi connectivity index (χ4v) is 5.02. The number of sulfonamides is 1. The van der Waals surface area contributed by atoms with Crippen LogP contribution in [0.25, 0.3) is 5.57 Å². The highest BCUT2D eigenvalue weighted by molar-refractivity contribution is 7.89. The van der Waals surface area contributed by atoms with Crippen molar-refractivity contribution in [2.45, 2.75) is 18.2 Å². The smallest absolute Gasteiger partial charge is 0.262 e. The third kappa shape index (κ3) is 3.36. The van der Waals surface area contributed by atoms with Gasteiger partial charge in [0.05, 0.1) is 10.6 Å². The molecular weight excluding hydrogens is 364 g/mol. The molecule has 0 bridgehead atoms. The summed E-state index contributed by atoms with van der Waals surface area (Å²) < 4.78 is 33.2. The van der Waals surface area contributed by atoms with Gasteiger partial charge in [-0.2, -0.15) is 4.31 Å². The first-order valence-electron chi connectivity index (χ1n) is 8.77. The summed E-state index contributed by atoms with van der Waals surface area (Å²) in [5, 5.41) is 2.70. The molecule has 1 amide bonds. The lowest BCUT2D eigenvalue weighted by Gasteiger charge is -2.27. The lowest BCUT2D eigenvalue weighted by Crippen LogP contribution is -2.35. The van der Waals surface area contributed by atoms with Crippen molar-refractivity contribution < 1.29 is 17.9 Å². The number of hydrogen-bond acceptors (Lipinski definition) is 4. The summed E-state index contributed by atoms with van der Waals surface area (Å²) in [6.07, 6.45) is 2.64. The Morgan fingerprint density at radius 2 is 1.93 bits per heavy atom. The fourth-order valence-electron chi connectivity index (χ4n) is 3.42. The summed E-state index contributed by atoms with van der Waals surface area (Å²) in [4.78, 5) is 11.7. The summed E-state index contributed by atoms with van der Waals surface area (Å²) in [6.45, 7) is 2.38. The zero-order valence-corrected chi connectivity index (χ0v) is 15.8. The topological polar surface area (TPSA) is 75.7 Å². The number of nitrogens with one attached hydrogen (secondary N) is 1. The molecule has 0 saturated carbocycles. The Hall–Kier alpha value is -2.64. The van der Waals surface area contributed by atoms with Gasteiger partial charge in [0.15, 0.2) is 6.61 Å². The molecule has 6 nitrogen and oxygen atoms in total. The number of benzene rings is 2. The second-order valence-electron chi connectivity index (χ2n) is 6.66. The molecule has 0 fully saturated rings. The van der Waals surface area contributed by atoms with Crippen LogP contribution < -0.4 is 10.1 Å². The molecule has 0 saturated heterocycles. The van der Waals surface area contributed by atoms with Crippen molar-refractivity contribution in [3.63, 3.8) is 0 Å². The summed E-state index contributed by atoms with van der Waals surface area (Å²) in [5.41, 5.74) is 3.38. The number of fused-ring (bicyclic) bond motifs is 1. The van der Waals surface area contributed by atoms with Gasteiger partial charge < -0.3 is 10.1 Å². The Morgan fingerprint density at radius 1 is 1.15 bits per heavy atom. The molecule has 1 N–H and O–H groups in total. The van der Waals surface area contributed by atoms with Crippen LogP contribution in [0.3, 0.4) is 0 Å². The zero-order valence-electron chi connectivity index (χ0n) is 14.9. The molecule has 4 rings (SSSR count). The van der Waals surface area contributed by atoms with Crippen LogP contribution in [0.5, 0.6) is 5.75 Å². The second kappa shape index (κ2) is 6.83. The Bertz CT molecular complexity index is 1030. The standard InChI is InChI=1S/C20H20N2O4S/c1-14-11-17-18(26-13-20(23)21-17)12-19(14)27(24,25)22-9-7-16(8-10-22)15-5-3-2-4-6-15/h2-7,11-12H,8-10,13H2,1H3,(H,21,23). The third-order valence-electron chi connectivity index (χ3n) is 4.84. The molecule has 0 atom stereocenters. The Kier molecular flexibility index (Phi) is 4.49. The van der Waals surface area contributed by atoms with Crippen molar-refractivity contribution in [1.82, 2.24) is 4.31 Å². The van der Waals surface area contributed by atoms with Crippen molar-refractivity contribution >= 4 is 27.2 Å². The summed E-state index contributed by atoms with van der Waals surface area (Å²) in [5.74, 6) is 0.142. The molecule has 2 aromatic carbocycles. The first-order chi connectivity index (χ1) is 12.9. The van der Waals surface area contributed by atoms with E-state index in [4.69, 9.17) is 4.74 Å². The van der Waals surface area contributed by atoms with Crippen molar-refractivity contribution in [3.05, 3.63) is 59.7 Å². The van der Waals surface area contributed by atoms with Crippen LogP contribution in [0.1, 0.15) is 17.5 Å². The van der Waals surface area contributed by atoms with Gasteiger partial charge >= 0.3 is 0 Å². The van der Waals surface area contributed by atoms with Gasteiger partial charge in [-0.3, -0.25) is 4.79 Å². The van der Waals surface area contributed by atoms with E-state index in [2.05, 4.69) is 5.32 Å². The molecule has 2 aliphatic heterocycles. The van der Waals surface area contributed by atoms with Crippen LogP contribution >= 0.6 is 0 Å². The monoisotopic (exact) mass is 384 g/mol. The van der Waals surface area contributed by atoms with Crippen molar-refractivity contribution in [3.8, 4) is 5.75 Å². The quantitative estimate of drug-likeness (QED) is 0.883. The average Bonchev–Trinajstić information content (AvgIpc) is 2.68. The molecule has 27 heavy (non-hydrogen) atoms. The van der Waals surface area contributed by atoms with Gasteiger partial charge in [-0.15, -0.1) is 0 Å². The van der Waals surface area contributed by atoms with Crippen molar-refractivity contribution in [2.24, 2.45) is 0 Å². The summed E-state index contributed by atoms with van der Waals surface area (Å²) in [7, 11) is -3.65. The van der Waals surface area contributed by atoms with Crippen LogP contribution in [-0.4, -0.2) is 38.3 Å². The van der Waals surface area contributed by atoms with Crippen LogP contribution in [-0.2, 0) is 14.8 Å². The first-order valence-corrected chi connectivity index (χ1v) is 10.2. The van der Waals surface area contributed by atoms with Gasteiger partial charge in [0.1, 0.15) is 5.75 Å². The molecule has 140 valence electrons. The van der Waals surface area contributed by atoms with Crippen LogP contribution in [0.4, 0.5) is 5.69 Å². The Morgan fingerprint density at radius 3 is 2.63 bits per heavy atom. The van der Waals surface area contributed by atoms with Gasteiger partial charge in [0.25, 0.3) is 5.91 Å². The van der Waals surface area contributed by atoms with E-state index in [1.165, 1.54) is 10.4 Å². The largest absolute Gasteiger partial charge is 0.482 e. The minimum atomic E-state index is -3.65. The van der Waals surface area contributed by atoms with E-state index in [-0.39, 0.29) is 17.4 Å². The van der Waals surface area contributed by atoms with E-state index in [1.807, 2.05) is 36.4 Å². The third-order valence-corrected chi connectivity index (χ3v) is 6.85. The molecule has 0 unspecified atom stereocenters. The van der Waals surface area contributed by atoms with Crippen LogP contribution in [0, 0.1) is 6.92 Å². The second-order valence-corrected chi connectivity index (χ2v) is 8.57. The number of rotatable bonds is 3. The maximum absolute atomic E-state index is 13.2. The van der Waals surface area contributed by atoms with E-state index >= 15 is 0 Å². The number of ether oxygens (including phenoxy) is 1. The molecule has 2 heterocycles. The zero-order chi connectivity index (χ0) is 19.0. The average molecular weight is 384 g/mol. The highest BCUT2D eigenvalue weighted by atomic mass is 32.2. The number of carbonyl (C=O) groups excluding carboxylic acids is 1. The highest BCUT2D eigenvalue weighted by Crippen LogP contribution is 2.35. The van der Waals surface area contributed by atoms with Gasteiger partial charge in [-0.25, -0.2) is 8.42 Å². The normalized spacial score (nSPS) is 17.5. The lowest BCUT2D eigenvalue weighted by atomic mass is 10.0. The Labute approximate surface area is 158 Å². The van der Waals surface area contributed by atoms with E-state index in [1.54, 1.807) is 13.0 Å². The number of nitrogens with zero attached hydrogens (tertiary/aromatic N) is 1. The fraction of sp³-hybridized carbons (Fsp3) is 0.250. The minimum absolute atomic E-state index is 0.109. The number of hydrogen-bond donors (Lipinski definition) is 1. The highest BCUT2D eigenvalue weighted by Gasteiger charge is 2.30. The number of anilines is 1. The van der Waals surface area contributed by atoms with Crippen molar-refractivity contribution in [2.75, 3.05) is 25.0 Å². The number of aryl methyl sites for hydroxylation is 1. The summed E-state index contributed by atoms with van der Waals surface area (Å²) >= 11 is 0. The van der Waals surface area contributed by atoms with Gasteiger partial charge in [-0.1, -0.05) is 36.4 Å². The molecule has 7 heteroatoms. The van der Waals surface area contributed by atoms with E-state index in [0.717, 1.165) is 11.1 Å². The molecule has 0 aliphatic carbocycles. The first kappa shape index (κ1) is 17.8. The lowest BCUT2D eigenvalue weighted by molar-refractivity contribution is -0.118. The van der Waals surface area contributed by atoms with E-state index in [9.17, 15) is 13.2 Å². The predicted octanol–water partition coefficient (Wildman–Crippen LogP) is 2.80. The van der Waals surface area contributed by atoms with Crippen LogP contribution in [0.15, 0.2) is 53.4 Å².